The highest BCUT2D eigenvalue weighted by Crippen LogP contribution is 2.03. The standard InChI is InChI=1S/C8H16N4O/c1-7-8(3-4-9)10-11-12(7)5-6-13-2/h3-6,9H2,1-2H3. The average molecular weight is 184 g/mol. The van der Waals surface area contributed by atoms with E-state index in [-0.39, 0.29) is 0 Å². The van der Waals surface area contributed by atoms with Crippen LogP contribution in [0.5, 0.6) is 0 Å². The van der Waals surface area contributed by atoms with E-state index in [0.29, 0.717) is 13.2 Å². The van der Waals surface area contributed by atoms with Crippen LogP contribution in [0.25, 0.3) is 0 Å². The maximum Gasteiger partial charge on any atom is 0.0868 e. The van der Waals surface area contributed by atoms with Crippen LogP contribution in [0.4, 0.5) is 0 Å². The molecule has 1 aromatic rings. The quantitative estimate of drug-likeness (QED) is 0.684. The molecule has 0 saturated heterocycles. The van der Waals surface area contributed by atoms with E-state index in [0.717, 1.165) is 24.4 Å². The van der Waals surface area contributed by atoms with Crippen molar-refractivity contribution in [1.29, 1.82) is 0 Å². The summed E-state index contributed by atoms with van der Waals surface area (Å²) in [7, 11) is 1.67. The SMILES string of the molecule is COCCn1nnc(CCN)c1C. The molecule has 0 aliphatic carbocycles. The smallest absolute Gasteiger partial charge is 0.0868 e. The third kappa shape index (κ3) is 2.50. The number of nitrogens with two attached hydrogens (primary N) is 1. The van der Waals surface area contributed by atoms with Crippen molar-refractivity contribution in [2.24, 2.45) is 5.73 Å². The molecule has 0 amide bonds. The highest BCUT2D eigenvalue weighted by Gasteiger charge is 2.06. The van der Waals surface area contributed by atoms with Gasteiger partial charge in [-0.3, -0.25) is 0 Å². The molecule has 5 nitrogen and oxygen atoms in total. The first kappa shape index (κ1) is 10.1. The first-order chi connectivity index (χ1) is 6.29. The Balaban J connectivity index is 2.62. The molecule has 0 aliphatic heterocycles. The molecule has 0 aromatic carbocycles. The van der Waals surface area contributed by atoms with Gasteiger partial charge >= 0.3 is 0 Å². The van der Waals surface area contributed by atoms with Gasteiger partial charge in [-0.1, -0.05) is 5.21 Å². The topological polar surface area (TPSA) is 66.0 Å². The minimum absolute atomic E-state index is 0.615. The molecular formula is C8H16N4O. The fourth-order valence-electron chi connectivity index (χ4n) is 1.15. The largest absolute Gasteiger partial charge is 0.383 e. The molecule has 0 aliphatic rings. The molecule has 74 valence electrons. The Labute approximate surface area is 77.9 Å². The van der Waals surface area contributed by atoms with Crippen LogP contribution in [0.15, 0.2) is 0 Å². The maximum absolute atomic E-state index is 5.44. The number of rotatable bonds is 5. The number of aromatic nitrogens is 3. The van der Waals surface area contributed by atoms with E-state index >= 15 is 0 Å². The molecule has 1 heterocycles. The molecule has 1 rings (SSSR count). The van der Waals surface area contributed by atoms with Gasteiger partial charge in [0.05, 0.1) is 24.5 Å². The van der Waals surface area contributed by atoms with Crippen molar-refractivity contribution in [3.63, 3.8) is 0 Å². The fourth-order valence-corrected chi connectivity index (χ4v) is 1.15. The summed E-state index contributed by atoms with van der Waals surface area (Å²) in [5.41, 5.74) is 7.51. The third-order valence-corrected chi connectivity index (χ3v) is 1.97. The molecule has 0 atom stereocenters. The summed E-state index contributed by atoms with van der Waals surface area (Å²) in [5.74, 6) is 0. The molecule has 5 heteroatoms. The molecule has 0 spiro atoms. The molecular weight excluding hydrogens is 168 g/mol. The fraction of sp³-hybridized carbons (Fsp3) is 0.750. The number of nitrogens with zero attached hydrogens (tertiary/aromatic N) is 3. The first-order valence-electron chi connectivity index (χ1n) is 4.37. The van der Waals surface area contributed by atoms with Gasteiger partial charge in [0, 0.05) is 13.5 Å². The lowest BCUT2D eigenvalue weighted by Crippen LogP contribution is -2.08. The Morgan fingerprint density at radius 2 is 2.31 bits per heavy atom. The lowest BCUT2D eigenvalue weighted by Gasteiger charge is -2.01. The number of hydrogen-bond acceptors (Lipinski definition) is 4. The van der Waals surface area contributed by atoms with E-state index in [1.165, 1.54) is 0 Å². The Kier molecular flexibility index (Phi) is 3.85. The monoisotopic (exact) mass is 184 g/mol. The van der Waals surface area contributed by atoms with Crippen LogP contribution < -0.4 is 5.73 Å². The molecule has 0 fully saturated rings. The Morgan fingerprint density at radius 1 is 1.54 bits per heavy atom. The van der Waals surface area contributed by atoms with Crippen molar-refractivity contribution >= 4 is 0 Å². The molecule has 0 saturated carbocycles. The van der Waals surface area contributed by atoms with Gasteiger partial charge in [0.1, 0.15) is 0 Å². The Bertz CT molecular complexity index is 259. The summed E-state index contributed by atoms with van der Waals surface area (Å²) >= 11 is 0. The second-order valence-electron chi connectivity index (χ2n) is 2.88. The van der Waals surface area contributed by atoms with Crippen molar-refractivity contribution in [3.8, 4) is 0 Å². The predicted molar refractivity (Wildman–Crippen MR) is 49.4 cm³/mol. The van der Waals surface area contributed by atoms with Gasteiger partial charge in [-0.15, -0.1) is 5.10 Å². The normalized spacial score (nSPS) is 10.7. The van der Waals surface area contributed by atoms with Crippen LogP contribution in [0.3, 0.4) is 0 Å². The minimum atomic E-state index is 0.615. The van der Waals surface area contributed by atoms with Crippen LogP contribution >= 0.6 is 0 Å². The summed E-state index contributed by atoms with van der Waals surface area (Å²) in [6, 6.07) is 0. The maximum atomic E-state index is 5.44. The van der Waals surface area contributed by atoms with Gasteiger partial charge in [0.2, 0.25) is 0 Å². The van der Waals surface area contributed by atoms with E-state index in [1.54, 1.807) is 7.11 Å². The van der Waals surface area contributed by atoms with Crippen molar-refractivity contribution in [3.05, 3.63) is 11.4 Å². The molecule has 0 radical (unpaired) electrons. The molecule has 13 heavy (non-hydrogen) atoms. The van der Waals surface area contributed by atoms with E-state index in [4.69, 9.17) is 10.5 Å². The first-order valence-corrected chi connectivity index (χ1v) is 4.37. The molecule has 2 N–H and O–H groups in total. The Hall–Kier alpha value is -0.940. The van der Waals surface area contributed by atoms with Crippen LogP contribution in [0.1, 0.15) is 11.4 Å². The summed E-state index contributed by atoms with van der Waals surface area (Å²) in [6.45, 7) is 4.02. The minimum Gasteiger partial charge on any atom is -0.383 e. The van der Waals surface area contributed by atoms with E-state index in [1.807, 2.05) is 11.6 Å². The molecule has 1 aromatic heterocycles. The zero-order valence-corrected chi connectivity index (χ0v) is 8.16. The second-order valence-corrected chi connectivity index (χ2v) is 2.88. The van der Waals surface area contributed by atoms with Gasteiger partial charge in [0.25, 0.3) is 0 Å². The van der Waals surface area contributed by atoms with E-state index in [9.17, 15) is 0 Å². The summed E-state index contributed by atoms with van der Waals surface area (Å²) in [5, 5.41) is 8.04. The third-order valence-electron chi connectivity index (χ3n) is 1.97. The van der Waals surface area contributed by atoms with Crippen LogP contribution in [0.2, 0.25) is 0 Å². The zero-order chi connectivity index (χ0) is 9.68. The summed E-state index contributed by atoms with van der Waals surface area (Å²) in [6.07, 6.45) is 0.790. The van der Waals surface area contributed by atoms with Gasteiger partial charge in [0.15, 0.2) is 0 Å². The summed E-state index contributed by atoms with van der Waals surface area (Å²) < 4.78 is 6.80. The number of methoxy groups -OCH3 is 1. The van der Waals surface area contributed by atoms with Gasteiger partial charge in [-0.25, -0.2) is 4.68 Å². The van der Waals surface area contributed by atoms with Crippen molar-refractivity contribution < 1.29 is 4.74 Å². The van der Waals surface area contributed by atoms with Crippen LogP contribution in [-0.4, -0.2) is 35.3 Å². The zero-order valence-electron chi connectivity index (χ0n) is 8.16. The highest BCUT2D eigenvalue weighted by molar-refractivity contribution is 5.07. The highest BCUT2D eigenvalue weighted by atomic mass is 16.5. The van der Waals surface area contributed by atoms with Crippen LogP contribution in [-0.2, 0) is 17.7 Å². The lowest BCUT2D eigenvalue weighted by molar-refractivity contribution is 0.182. The summed E-state index contributed by atoms with van der Waals surface area (Å²) in [4.78, 5) is 0. The van der Waals surface area contributed by atoms with Crippen LogP contribution in [0, 0.1) is 6.92 Å². The molecule has 0 bridgehead atoms. The van der Waals surface area contributed by atoms with Gasteiger partial charge in [-0.2, -0.15) is 0 Å². The second kappa shape index (κ2) is 4.94. The van der Waals surface area contributed by atoms with Gasteiger partial charge < -0.3 is 10.5 Å². The molecule has 0 unspecified atom stereocenters. The number of hydrogen-bond donors (Lipinski definition) is 1. The lowest BCUT2D eigenvalue weighted by atomic mass is 10.2. The van der Waals surface area contributed by atoms with Crippen molar-refractivity contribution in [2.45, 2.75) is 19.9 Å². The number of ether oxygens (including phenoxy) is 1. The average Bonchev–Trinajstić information content (AvgIpc) is 2.46. The van der Waals surface area contributed by atoms with E-state index < -0.39 is 0 Å². The Morgan fingerprint density at radius 3 is 2.92 bits per heavy atom. The van der Waals surface area contributed by atoms with Crippen molar-refractivity contribution in [2.75, 3.05) is 20.3 Å². The predicted octanol–water partition coefficient (Wildman–Crippen LogP) is -0.266. The van der Waals surface area contributed by atoms with E-state index in [2.05, 4.69) is 10.3 Å². The van der Waals surface area contributed by atoms with Gasteiger partial charge in [-0.05, 0) is 13.5 Å². The van der Waals surface area contributed by atoms with Crippen molar-refractivity contribution in [1.82, 2.24) is 15.0 Å².